The second-order valence-electron chi connectivity index (χ2n) is 5.18. The van der Waals surface area contributed by atoms with Crippen LogP contribution in [-0.2, 0) is 17.8 Å². The van der Waals surface area contributed by atoms with Crippen LogP contribution < -0.4 is 5.73 Å². The minimum Gasteiger partial charge on any atom is -0.399 e. The third kappa shape index (κ3) is 3.80. The Balaban J connectivity index is 2.55. The Kier molecular flexibility index (Phi) is 4.66. The highest BCUT2D eigenvalue weighted by Gasteiger charge is 2.62. The van der Waals surface area contributed by atoms with Crippen LogP contribution in [-0.4, -0.2) is 20.9 Å². The molecule has 0 saturated carbocycles. The third-order valence-electron chi connectivity index (χ3n) is 3.23. The highest BCUT2D eigenvalue weighted by Crippen LogP contribution is 2.44. The number of anilines is 1. The zero-order chi connectivity index (χ0) is 19.2. The van der Waals surface area contributed by atoms with Crippen molar-refractivity contribution in [2.45, 2.75) is 30.9 Å². The molecule has 0 amide bonds. The van der Waals surface area contributed by atoms with Gasteiger partial charge >= 0.3 is 17.5 Å². The number of alkyl halides is 8. The van der Waals surface area contributed by atoms with Gasteiger partial charge in [-0.25, -0.2) is 9.67 Å². The van der Waals surface area contributed by atoms with Crippen LogP contribution in [0.5, 0.6) is 0 Å². The Labute approximate surface area is 141 Å². The average Bonchev–Trinajstić information content (AvgIpc) is 2.86. The average molecular weight is 391 g/mol. The zero-order valence-electron chi connectivity index (χ0n) is 12.4. The van der Waals surface area contributed by atoms with E-state index >= 15 is 0 Å². The number of hydrogen-bond acceptors (Lipinski definition) is 3. The van der Waals surface area contributed by atoms with Crippen molar-refractivity contribution in [3.8, 4) is 0 Å². The lowest BCUT2D eigenvalue weighted by Crippen LogP contribution is -2.36. The van der Waals surface area contributed by atoms with Crippen LogP contribution in [0.2, 0.25) is 0 Å². The quantitative estimate of drug-likeness (QED) is 0.484. The van der Waals surface area contributed by atoms with Crippen LogP contribution in [0.1, 0.15) is 22.8 Å². The van der Waals surface area contributed by atoms with Gasteiger partial charge in [0, 0.05) is 5.69 Å². The van der Waals surface area contributed by atoms with E-state index in [1.807, 2.05) is 0 Å². The predicted molar refractivity (Wildman–Crippen MR) is 74.4 cm³/mol. The number of nitrogens with zero attached hydrogens (tertiary/aromatic N) is 3. The molecule has 1 aromatic carbocycles. The fraction of sp³-hybridized carbons (Fsp3) is 0.385. The molecule has 0 aliphatic rings. The molecule has 0 fully saturated rings. The summed E-state index contributed by atoms with van der Waals surface area (Å²) in [5, 5.41) is -1.29. The molecule has 0 aliphatic carbocycles. The van der Waals surface area contributed by atoms with Gasteiger partial charge in [-0.2, -0.15) is 30.7 Å². The highest BCUT2D eigenvalue weighted by molar-refractivity contribution is 6.21. The van der Waals surface area contributed by atoms with Gasteiger partial charge in [-0.3, -0.25) is 0 Å². The monoisotopic (exact) mass is 390 g/mol. The first-order valence-electron chi connectivity index (χ1n) is 6.55. The van der Waals surface area contributed by atoms with Crippen molar-refractivity contribution in [3.05, 3.63) is 41.0 Å². The number of rotatable bonds is 4. The third-order valence-corrected chi connectivity index (χ3v) is 3.40. The van der Waals surface area contributed by atoms with Gasteiger partial charge in [-0.15, -0.1) is 5.10 Å². The van der Waals surface area contributed by atoms with Gasteiger partial charge in [0.1, 0.15) is 0 Å². The van der Waals surface area contributed by atoms with E-state index < -0.39 is 35.7 Å². The largest absolute Gasteiger partial charge is 0.461 e. The fourth-order valence-corrected chi connectivity index (χ4v) is 2.02. The van der Waals surface area contributed by atoms with Crippen LogP contribution in [0.25, 0.3) is 0 Å². The molecule has 1 heterocycles. The summed E-state index contributed by atoms with van der Waals surface area (Å²) in [6.45, 7) is 0.909. The second kappa shape index (κ2) is 6.04. The predicted octanol–water partition coefficient (Wildman–Crippen LogP) is 4.16. The normalized spacial score (nSPS) is 13.3. The molecular formula is C13H10ClF7N4. The molecule has 1 aromatic heterocycles. The molecular weight excluding hydrogens is 381 g/mol. The number of nitrogens with two attached hydrogens (primary N) is 1. The van der Waals surface area contributed by atoms with Crippen molar-refractivity contribution < 1.29 is 30.7 Å². The molecule has 0 spiro atoms. The van der Waals surface area contributed by atoms with Gasteiger partial charge in [0.25, 0.3) is 0 Å². The van der Waals surface area contributed by atoms with Crippen molar-refractivity contribution in [1.82, 2.24) is 14.8 Å². The number of aryl methyl sites for hydroxylation is 1. The maximum Gasteiger partial charge on any atom is 0.461 e. The van der Waals surface area contributed by atoms with Gasteiger partial charge in [-0.1, -0.05) is 12.1 Å². The Bertz CT molecular complexity index is 780. The first kappa shape index (κ1) is 19.3. The van der Waals surface area contributed by atoms with Gasteiger partial charge < -0.3 is 5.73 Å². The first-order valence-corrected chi connectivity index (χ1v) is 6.93. The topological polar surface area (TPSA) is 56.7 Å². The van der Waals surface area contributed by atoms with Gasteiger partial charge in [-0.05, 0) is 35.7 Å². The lowest BCUT2D eigenvalue weighted by Gasteiger charge is -2.19. The summed E-state index contributed by atoms with van der Waals surface area (Å²) in [6.07, 6.45) is -6.05. The fourth-order valence-electron chi connectivity index (χ4n) is 1.94. The molecule has 138 valence electrons. The number of halogens is 8. The van der Waals surface area contributed by atoms with E-state index in [2.05, 4.69) is 21.7 Å². The van der Waals surface area contributed by atoms with E-state index in [0.29, 0.717) is 11.3 Å². The molecule has 2 rings (SSSR count). The van der Waals surface area contributed by atoms with E-state index in [4.69, 9.17) is 5.73 Å². The SMILES string of the molecule is Cc1cc(Cn2nc(C(F)(F)Cl)nc2C(F)(F)C(F)(F)F)ccc1N. The molecule has 2 aromatic rings. The van der Waals surface area contributed by atoms with Crippen molar-refractivity contribution in [3.63, 3.8) is 0 Å². The van der Waals surface area contributed by atoms with Crippen LogP contribution in [0.15, 0.2) is 18.2 Å². The molecule has 12 heteroatoms. The zero-order valence-corrected chi connectivity index (χ0v) is 13.1. The molecule has 0 bridgehead atoms. The van der Waals surface area contributed by atoms with Crippen LogP contribution in [0.3, 0.4) is 0 Å². The Morgan fingerprint density at radius 2 is 1.72 bits per heavy atom. The number of nitrogen functional groups attached to an aromatic ring is 1. The summed E-state index contributed by atoms with van der Waals surface area (Å²) in [7, 11) is 0. The highest BCUT2D eigenvalue weighted by atomic mass is 35.5. The smallest absolute Gasteiger partial charge is 0.399 e. The molecule has 4 nitrogen and oxygen atoms in total. The van der Waals surface area contributed by atoms with Gasteiger partial charge in [0.15, 0.2) is 0 Å². The van der Waals surface area contributed by atoms with Crippen molar-refractivity contribution in [2.24, 2.45) is 0 Å². The summed E-state index contributed by atoms with van der Waals surface area (Å²) in [6, 6.07) is 4.11. The van der Waals surface area contributed by atoms with Crippen molar-refractivity contribution >= 4 is 17.3 Å². The Hall–Kier alpha value is -2.04. The number of aromatic nitrogens is 3. The summed E-state index contributed by atoms with van der Waals surface area (Å²) in [4.78, 5) is 2.63. The molecule has 0 unspecified atom stereocenters. The number of hydrogen-bond donors (Lipinski definition) is 1. The van der Waals surface area contributed by atoms with Crippen LogP contribution >= 0.6 is 11.6 Å². The van der Waals surface area contributed by atoms with E-state index in [-0.39, 0.29) is 10.2 Å². The molecule has 0 aliphatic heterocycles. The van der Waals surface area contributed by atoms with Crippen LogP contribution in [0, 0.1) is 6.92 Å². The van der Waals surface area contributed by atoms with E-state index in [0.717, 1.165) is 0 Å². The molecule has 25 heavy (non-hydrogen) atoms. The molecule has 0 radical (unpaired) electrons. The van der Waals surface area contributed by atoms with E-state index in [9.17, 15) is 30.7 Å². The van der Waals surface area contributed by atoms with Gasteiger partial charge in [0.05, 0.1) is 6.54 Å². The molecule has 0 saturated heterocycles. The summed E-state index contributed by atoms with van der Waals surface area (Å²) in [5.41, 5.74) is 6.66. The van der Waals surface area contributed by atoms with Gasteiger partial charge in [0.2, 0.25) is 11.6 Å². The Morgan fingerprint density at radius 1 is 1.12 bits per heavy atom. The second-order valence-corrected chi connectivity index (χ2v) is 5.65. The Morgan fingerprint density at radius 3 is 2.20 bits per heavy atom. The minimum atomic E-state index is -6.05. The van der Waals surface area contributed by atoms with Crippen molar-refractivity contribution in [2.75, 3.05) is 5.73 Å². The standard InChI is InChI=1S/C13H10ClF7N4/c1-6-4-7(2-3-8(6)22)5-25-10(11(15,16)13(19,20)21)23-9(24-25)12(14,17)18/h2-4H,5,22H2,1H3. The van der Waals surface area contributed by atoms with E-state index in [1.54, 1.807) is 6.92 Å². The lowest BCUT2D eigenvalue weighted by atomic mass is 10.1. The summed E-state index contributed by atoms with van der Waals surface area (Å²) < 4.78 is 91.2. The maximum atomic E-state index is 13.6. The van der Waals surface area contributed by atoms with E-state index in [1.165, 1.54) is 18.2 Å². The summed E-state index contributed by atoms with van der Waals surface area (Å²) in [5.74, 6) is -9.13. The van der Waals surface area contributed by atoms with Crippen LogP contribution in [0.4, 0.5) is 36.4 Å². The van der Waals surface area contributed by atoms with Crippen molar-refractivity contribution in [1.29, 1.82) is 0 Å². The maximum absolute atomic E-state index is 13.6. The number of benzene rings is 1. The lowest BCUT2D eigenvalue weighted by molar-refractivity contribution is -0.293. The molecule has 0 atom stereocenters. The minimum absolute atomic E-state index is 0.0457. The molecule has 2 N–H and O–H groups in total. The first-order chi connectivity index (χ1) is 11.2. The summed E-state index contributed by atoms with van der Waals surface area (Å²) >= 11 is 4.64.